The van der Waals surface area contributed by atoms with E-state index in [1.807, 2.05) is 0 Å². The molecule has 1 aromatic carbocycles. The molecule has 0 saturated heterocycles. The average molecular weight is 318 g/mol. The molecule has 0 unspecified atom stereocenters. The summed E-state index contributed by atoms with van der Waals surface area (Å²) in [5.74, 6) is 0.626. The highest BCUT2D eigenvalue weighted by Gasteiger charge is 2.16. The molecule has 0 aliphatic rings. The number of hydrogen-bond acceptors (Lipinski definition) is 5. The molecule has 5 nitrogen and oxygen atoms in total. The standard InChI is InChI=1S/C16H12ClNO4/c1-20-13-7-9(16(19)21-2)3-4-10(13)14-8-12-15(22-14)11(17)5-6-18-12/h3-8H,1-2H3. The Kier molecular flexibility index (Phi) is 3.73. The molecule has 2 aromatic heterocycles. The van der Waals surface area contributed by atoms with Crippen LogP contribution in [0.25, 0.3) is 22.4 Å². The largest absolute Gasteiger partial charge is 0.496 e. The first kappa shape index (κ1) is 14.4. The quantitative estimate of drug-likeness (QED) is 0.685. The highest BCUT2D eigenvalue weighted by atomic mass is 35.5. The first-order valence-corrected chi connectivity index (χ1v) is 6.82. The number of nitrogens with zero attached hydrogens (tertiary/aromatic N) is 1. The summed E-state index contributed by atoms with van der Waals surface area (Å²) < 4.78 is 15.8. The van der Waals surface area contributed by atoms with Gasteiger partial charge in [-0.1, -0.05) is 11.6 Å². The van der Waals surface area contributed by atoms with Crippen LogP contribution < -0.4 is 4.74 Å². The molecule has 0 N–H and O–H groups in total. The van der Waals surface area contributed by atoms with Gasteiger partial charge in [0.2, 0.25) is 0 Å². The van der Waals surface area contributed by atoms with E-state index in [2.05, 4.69) is 4.98 Å². The Bertz CT molecular complexity index is 856. The van der Waals surface area contributed by atoms with E-state index in [9.17, 15) is 4.79 Å². The third kappa shape index (κ3) is 2.40. The van der Waals surface area contributed by atoms with Crippen LogP contribution in [0, 0.1) is 0 Å². The fraction of sp³-hybridized carbons (Fsp3) is 0.125. The van der Waals surface area contributed by atoms with Gasteiger partial charge in [0, 0.05) is 12.3 Å². The molecular weight excluding hydrogens is 306 g/mol. The van der Waals surface area contributed by atoms with Gasteiger partial charge >= 0.3 is 5.97 Å². The number of carbonyl (C=O) groups excluding carboxylic acids is 1. The number of methoxy groups -OCH3 is 2. The maximum absolute atomic E-state index is 11.6. The molecule has 112 valence electrons. The molecule has 0 fully saturated rings. The zero-order valence-electron chi connectivity index (χ0n) is 11.9. The smallest absolute Gasteiger partial charge is 0.337 e. The summed E-state index contributed by atoms with van der Waals surface area (Å²) in [4.78, 5) is 15.8. The second kappa shape index (κ2) is 5.69. The Labute approximate surface area is 131 Å². The molecule has 3 aromatic rings. The first-order valence-electron chi connectivity index (χ1n) is 6.45. The second-order valence-electron chi connectivity index (χ2n) is 4.52. The van der Waals surface area contributed by atoms with Gasteiger partial charge < -0.3 is 13.9 Å². The fourth-order valence-corrected chi connectivity index (χ4v) is 2.37. The van der Waals surface area contributed by atoms with Crippen LogP contribution in [-0.4, -0.2) is 25.2 Å². The van der Waals surface area contributed by atoms with Gasteiger partial charge in [0.1, 0.15) is 17.0 Å². The second-order valence-corrected chi connectivity index (χ2v) is 4.93. The third-order valence-corrected chi connectivity index (χ3v) is 3.55. The Morgan fingerprint density at radius 3 is 2.73 bits per heavy atom. The number of hydrogen-bond donors (Lipinski definition) is 0. The van der Waals surface area contributed by atoms with Crippen molar-refractivity contribution >= 4 is 28.7 Å². The molecule has 2 heterocycles. The molecule has 0 aliphatic heterocycles. The molecule has 22 heavy (non-hydrogen) atoms. The zero-order chi connectivity index (χ0) is 15.7. The van der Waals surface area contributed by atoms with Crippen LogP contribution in [-0.2, 0) is 4.74 Å². The van der Waals surface area contributed by atoms with Gasteiger partial charge in [-0.3, -0.25) is 4.98 Å². The van der Waals surface area contributed by atoms with Crippen LogP contribution >= 0.6 is 11.6 Å². The summed E-state index contributed by atoms with van der Waals surface area (Å²) in [6, 6.07) is 8.41. The number of fused-ring (bicyclic) bond motifs is 1. The summed E-state index contributed by atoms with van der Waals surface area (Å²) >= 11 is 6.09. The maximum Gasteiger partial charge on any atom is 0.337 e. The normalized spacial score (nSPS) is 10.7. The molecule has 0 radical (unpaired) electrons. The number of benzene rings is 1. The van der Waals surface area contributed by atoms with Crippen molar-refractivity contribution in [2.45, 2.75) is 0 Å². The van der Waals surface area contributed by atoms with E-state index in [-0.39, 0.29) is 0 Å². The Morgan fingerprint density at radius 2 is 2.05 bits per heavy atom. The summed E-state index contributed by atoms with van der Waals surface area (Å²) in [5.41, 5.74) is 2.26. The maximum atomic E-state index is 11.6. The van der Waals surface area contributed by atoms with E-state index in [1.54, 1.807) is 36.5 Å². The van der Waals surface area contributed by atoms with Crippen molar-refractivity contribution < 1.29 is 18.7 Å². The van der Waals surface area contributed by atoms with E-state index < -0.39 is 5.97 Å². The molecule has 0 saturated carbocycles. The van der Waals surface area contributed by atoms with Crippen molar-refractivity contribution in [3.05, 3.63) is 47.1 Å². The topological polar surface area (TPSA) is 61.6 Å². The molecule has 6 heteroatoms. The Morgan fingerprint density at radius 1 is 1.23 bits per heavy atom. The number of aromatic nitrogens is 1. The van der Waals surface area contributed by atoms with E-state index in [0.717, 1.165) is 0 Å². The van der Waals surface area contributed by atoms with Crippen molar-refractivity contribution in [3.63, 3.8) is 0 Å². The van der Waals surface area contributed by atoms with Crippen LogP contribution in [0.1, 0.15) is 10.4 Å². The summed E-state index contributed by atoms with van der Waals surface area (Å²) in [6.07, 6.45) is 1.61. The Balaban J connectivity index is 2.13. The van der Waals surface area contributed by atoms with E-state index in [4.69, 9.17) is 25.5 Å². The number of furan rings is 1. The van der Waals surface area contributed by atoms with Crippen molar-refractivity contribution in [2.75, 3.05) is 14.2 Å². The molecule has 0 atom stereocenters. The molecular formula is C16H12ClNO4. The number of esters is 1. The van der Waals surface area contributed by atoms with Crippen LogP contribution in [0.15, 0.2) is 40.9 Å². The number of carbonyl (C=O) groups is 1. The predicted octanol–water partition coefficient (Wildman–Crippen LogP) is 3.94. The van der Waals surface area contributed by atoms with Gasteiger partial charge in [-0.25, -0.2) is 4.79 Å². The van der Waals surface area contributed by atoms with Gasteiger partial charge in [-0.15, -0.1) is 0 Å². The van der Waals surface area contributed by atoms with Crippen LogP contribution in [0.4, 0.5) is 0 Å². The highest BCUT2D eigenvalue weighted by molar-refractivity contribution is 6.34. The molecule has 0 spiro atoms. The lowest BCUT2D eigenvalue weighted by Crippen LogP contribution is -2.01. The number of rotatable bonds is 3. The number of pyridine rings is 1. The zero-order valence-corrected chi connectivity index (χ0v) is 12.7. The minimum absolute atomic E-state index is 0.398. The van der Waals surface area contributed by atoms with Crippen molar-refractivity contribution in [2.24, 2.45) is 0 Å². The van der Waals surface area contributed by atoms with Crippen LogP contribution in [0.3, 0.4) is 0 Å². The van der Waals surface area contributed by atoms with E-state index in [1.165, 1.54) is 14.2 Å². The average Bonchev–Trinajstić information content (AvgIpc) is 2.99. The lowest BCUT2D eigenvalue weighted by Gasteiger charge is -2.08. The number of halogens is 1. The monoisotopic (exact) mass is 317 g/mol. The minimum atomic E-state index is -0.431. The highest BCUT2D eigenvalue weighted by Crippen LogP contribution is 2.36. The van der Waals surface area contributed by atoms with Crippen molar-refractivity contribution in [3.8, 4) is 17.1 Å². The molecule has 0 amide bonds. The molecule has 0 bridgehead atoms. The molecule has 0 aliphatic carbocycles. The first-order chi connectivity index (χ1) is 10.6. The van der Waals surface area contributed by atoms with Gasteiger partial charge in [0.05, 0.1) is 30.4 Å². The van der Waals surface area contributed by atoms with Gasteiger partial charge in [-0.05, 0) is 24.3 Å². The fourth-order valence-electron chi connectivity index (χ4n) is 2.18. The van der Waals surface area contributed by atoms with E-state index >= 15 is 0 Å². The van der Waals surface area contributed by atoms with Crippen molar-refractivity contribution in [1.29, 1.82) is 0 Å². The van der Waals surface area contributed by atoms with Gasteiger partial charge in [0.25, 0.3) is 0 Å². The van der Waals surface area contributed by atoms with Gasteiger partial charge in [-0.2, -0.15) is 0 Å². The lowest BCUT2D eigenvalue weighted by molar-refractivity contribution is 0.0600. The predicted molar refractivity (Wildman–Crippen MR) is 82.3 cm³/mol. The summed E-state index contributed by atoms with van der Waals surface area (Å²) in [7, 11) is 2.85. The molecule has 3 rings (SSSR count). The van der Waals surface area contributed by atoms with E-state index in [0.29, 0.717) is 38.8 Å². The lowest BCUT2D eigenvalue weighted by atomic mass is 10.1. The third-order valence-electron chi connectivity index (χ3n) is 3.25. The Hall–Kier alpha value is -2.53. The van der Waals surface area contributed by atoms with Crippen molar-refractivity contribution in [1.82, 2.24) is 4.98 Å². The SMILES string of the molecule is COC(=O)c1ccc(-c2cc3nccc(Cl)c3o2)c(OC)c1. The summed E-state index contributed by atoms with van der Waals surface area (Å²) in [6.45, 7) is 0. The van der Waals surface area contributed by atoms with Crippen LogP contribution in [0.5, 0.6) is 5.75 Å². The minimum Gasteiger partial charge on any atom is -0.496 e. The summed E-state index contributed by atoms with van der Waals surface area (Å²) in [5, 5.41) is 0.487. The number of ether oxygens (including phenoxy) is 2. The van der Waals surface area contributed by atoms with Gasteiger partial charge in [0.15, 0.2) is 5.58 Å². The van der Waals surface area contributed by atoms with Crippen LogP contribution in [0.2, 0.25) is 5.02 Å².